The molecule has 0 N–H and O–H groups in total. The van der Waals surface area contributed by atoms with Crippen molar-refractivity contribution in [2.75, 3.05) is 0 Å². The largest absolute Gasteiger partial charge is 0.303 e. The topological polar surface area (TPSA) is 17.1 Å². The molecule has 14 heavy (non-hydrogen) atoms. The monoisotopic (exact) mass is 190 g/mol. The van der Waals surface area contributed by atoms with Gasteiger partial charge < -0.3 is 4.79 Å². The lowest BCUT2D eigenvalue weighted by molar-refractivity contribution is -0.113. The summed E-state index contributed by atoms with van der Waals surface area (Å²) in [6.07, 6.45) is 13.8. The molecule has 0 heterocycles. The van der Waals surface area contributed by atoms with Crippen LogP contribution < -0.4 is 0 Å². The van der Waals surface area contributed by atoms with E-state index in [9.17, 15) is 4.79 Å². The summed E-state index contributed by atoms with van der Waals surface area (Å²) in [7, 11) is 0. The van der Waals surface area contributed by atoms with E-state index < -0.39 is 0 Å². The van der Waals surface area contributed by atoms with Gasteiger partial charge in [-0.2, -0.15) is 0 Å². The second-order valence-corrected chi connectivity index (χ2v) is 4.46. The van der Waals surface area contributed by atoms with Gasteiger partial charge in [0.2, 0.25) is 0 Å². The van der Waals surface area contributed by atoms with Crippen LogP contribution in [0.25, 0.3) is 0 Å². The Bertz CT molecular complexity index is 264. The van der Waals surface area contributed by atoms with Gasteiger partial charge in [0.25, 0.3) is 0 Å². The minimum absolute atomic E-state index is 0.240. The standard InChI is InChI=1S/C13H18O/c1-2-4-10-7-8-11-5-3-6-12(11)13(10)9-14/h2,4,7-13H,3,5-6H2,1H3/b4-2+/t10-,11+,12-,13-/m0/s1. The molecule has 2 rings (SSSR count). The molecule has 0 amide bonds. The predicted octanol–water partition coefficient (Wildman–Crippen LogP) is 2.98. The molecule has 0 aliphatic heterocycles. The van der Waals surface area contributed by atoms with Crippen LogP contribution in [0.5, 0.6) is 0 Å². The number of carbonyl (C=O) groups is 1. The normalized spacial score (nSPS) is 41.5. The molecule has 2 aliphatic carbocycles. The molecule has 0 unspecified atom stereocenters. The zero-order valence-electron chi connectivity index (χ0n) is 8.73. The second kappa shape index (κ2) is 4.12. The van der Waals surface area contributed by atoms with Crippen LogP contribution in [-0.2, 0) is 4.79 Å². The summed E-state index contributed by atoms with van der Waals surface area (Å²) in [4.78, 5) is 11.1. The first-order valence-electron chi connectivity index (χ1n) is 5.63. The van der Waals surface area contributed by atoms with Crippen LogP contribution in [0.3, 0.4) is 0 Å². The second-order valence-electron chi connectivity index (χ2n) is 4.46. The first kappa shape index (κ1) is 9.70. The summed E-state index contributed by atoms with van der Waals surface area (Å²) in [5.74, 6) is 1.91. The first-order chi connectivity index (χ1) is 6.86. The Balaban J connectivity index is 2.21. The van der Waals surface area contributed by atoms with Crippen LogP contribution >= 0.6 is 0 Å². The fraction of sp³-hybridized carbons (Fsp3) is 0.615. The number of rotatable bonds is 2. The van der Waals surface area contributed by atoms with E-state index in [4.69, 9.17) is 0 Å². The average Bonchev–Trinajstić information content (AvgIpc) is 2.66. The van der Waals surface area contributed by atoms with Gasteiger partial charge in [-0.25, -0.2) is 0 Å². The highest BCUT2D eigenvalue weighted by atomic mass is 16.1. The molecular weight excluding hydrogens is 172 g/mol. The van der Waals surface area contributed by atoms with E-state index in [1.165, 1.54) is 25.5 Å². The van der Waals surface area contributed by atoms with Crippen molar-refractivity contribution in [3.8, 4) is 0 Å². The maximum absolute atomic E-state index is 11.1. The van der Waals surface area contributed by atoms with Crippen molar-refractivity contribution in [2.45, 2.75) is 26.2 Å². The van der Waals surface area contributed by atoms with Crippen molar-refractivity contribution >= 4 is 6.29 Å². The minimum Gasteiger partial charge on any atom is -0.303 e. The predicted molar refractivity (Wildman–Crippen MR) is 57.8 cm³/mol. The summed E-state index contributed by atoms with van der Waals surface area (Å²) in [5.41, 5.74) is 0. The molecule has 1 heteroatoms. The Hall–Kier alpha value is -0.850. The van der Waals surface area contributed by atoms with Gasteiger partial charge in [-0.05, 0) is 31.6 Å². The molecule has 1 nitrogen and oxygen atoms in total. The fourth-order valence-electron chi connectivity index (χ4n) is 3.03. The lowest BCUT2D eigenvalue weighted by atomic mass is 9.72. The van der Waals surface area contributed by atoms with Crippen molar-refractivity contribution < 1.29 is 4.79 Å². The lowest BCUT2D eigenvalue weighted by Crippen LogP contribution is -2.28. The minimum atomic E-state index is 0.240. The van der Waals surface area contributed by atoms with Gasteiger partial charge in [0.05, 0.1) is 0 Å². The van der Waals surface area contributed by atoms with E-state index in [0.29, 0.717) is 17.8 Å². The molecule has 4 atom stereocenters. The third-order valence-electron chi connectivity index (χ3n) is 3.72. The van der Waals surface area contributed by atoms with Crippen LogP contribution in [0.2, 0.25) is 0 Å². The van der Waals surface area contributed by atoms with Crippen molar-refractivity contribution in [3.63, 3.8) is 0 Å². The van der Waals surface area contributed by atoms with Crippen LogP contribution in [0.1, 0.15) is 26.2 Å². The molecule has 0 aromatic heterocycles. The van der Waals surface area contributed by atoms with Crippen LogP contribution in [0, 0.1) is 23.7 Å². The molecule has 0 spiro atoms. The van der Waals surface area contributed by atoms with Crippen LogP contribution in [0.15, 0.2) is 24.3 Å². The molecule has 0 bridgehead atoms. The number of allylic oxidation sites excluding steroid dienone is 4. The third-order valence-corrected chi connectivity index (χ3v) is 3.72. The van der Waals surface area contributed by atoms with Crippen molar-refractivity contribution in [2.24, 2.45) is 23.7 Å². The zero-order valence-corrected chi connectivity index (χ0v) is 8.73. The summed E-state index contributed by atoms with van der Waals surface area (Å²) in [6.45, 7) is 2.02. The van der Waals surface area contributed by atoms with E-state index in [1.54, 1.807) is 0 Å². The van der Waals surface area contributed by atoms with Gasteiger partial charge in [0.1, 0.15) is 6.29 Å². The SMILES string of the molecule is C/C=C/[C@H]1C=C[C@H]2CCC[C@@H]2[C@H]1C=O. The number of carbonyl (C=O) groups excluding carboxylic acids is 1. The number of fused-ring (bicyclic) bond motifs is 1. The Morgan fingerprint density at radius 2 is 2.14 bits per heavy atom. The van der Waals surface area contributed by atoms with Crippen molar-refractivity contribution in [1.29, 1.82) is 0 Å². The van der Waals surface area contributed by atoms with Crippen LogP contribution in [-0.4, -0.2) is 6.29 Å². The highest BCUT2D eigenvalue weighted by Gasteiger charge is 2.37. The molecule has 1 saturated carbocycles. The van der Waals surface area contributed by atoms with Crippen LogP contribution in [0.4, 0.5) is 0 Å². The number of hydrogen-bond acceptors (Lipinski definition) is 1. The quantitative estimate of drug-likeness (QED) is 0.483. The average molecular weight is 190 g/mol. The smallest absolute Gasteiger partial charge is 0.124 e. The van der Waals surface area contributed by atoms with Crippen molar-refractivity contribution in [3.05, 3.63) is 24.3 Å². The third kappa shape index (κ3) is 1.56. The molecule has 0 aromatic carbocycles. The van der Waals surface area contributed by atoms with E-state index in [2.05, 4.69) is 24.3 Å². The van der Waals surface area contributed by atoms with Gasteiger partial charge in [-0.3, -0.25) is 0 Å². The maximum Gasteiger partial charge on any atom is 0.124 e. The lowest BCUT2D eigenvalue weighted by Gasteiger charge is -2.31. The Kier molecular flexibility index (Phi) is 2.85. The summed E-state index contributed by atoms with van der Waals surface area (Å²) >= 11 is 0. The van der Waals surface area contributed by atoms with Gasteiger partial charge in [-0.1, -0.05) is 30.7 Å². The Morgan fingerprint density at radius 1 is 1.29 bits per heavy atom. The number of hydrogen-bond donors (Lipinski definition) is 0. The molecule has 0 radical (unpaired) electrons. The first-order valence-corrected chi connectivity index (χ1v) is 5.63. The molecule has 0 saturated heterocycles. The Morgan fingerprint density at radius 3 is 2.86 bits per heavy atom. The van der Waals surface area contributed by atoms with Gasteiger partial charge >= 0.3 is 0 Å². The molecule has 2 aliphatic rings. The zero-order chi connectivity index (χ0) is 9.97. The highest BCUT2D eigenvalue weighted by molar-refractivity contribution is 5.57. The van der Waals surface area contributed by atoms with Gasteiger partial charge in [0.15, 0.2) is 0 Å². The molecule has 76 valence electrons. The fourth-order valence-corrected chi connectivity index (χ4v) is 3.03. The molecule has 0 aromatic rings. The van der Waals surface area contributed by atoms with Gasteiger partial charge in [-0.15, -0.1) is 0 Å². The summed E-state index contributed by atoms with van der Waals surface area (Å²) in [5, 5.41) is 0. The van der Waals surface area contributed by atoms with E-state index in [0.717, 1.165) is 0 Å². The van der Waals surface area contributed by atoms with E-state index >= 15 is 0 Å². The summed E-state index contributed by atoms with van der Waals surface area (Å²) < 4.78 is 0. The number of aldehydes is 1. The van der Waals surface area contributed by atoms with Gasteiger partial charge in [0, 0.05) is 11.8 Å². The maximum atomic E-state index is 11.1. The summed E-state index contributed by atoms with van der Waals surface area (Å²) in [6, 6.07) is 0. The molecule has 1 fully saturated rings. The van der Waals surface area contributed by atoms with E-state index in [-0.39, 0.29) is 5.92 Å². The highest BCUT2D eigenvalue weighted by Crippen LogP contribution is 2.43. The Labute approximate surface area is 85.9 Å². The van der Waals surface area contributed by atoms with Crippen molar-refractivity contribution in [1.82, 2.24) is 0 Å². The van der Waals surface area contributed by atoms with E-state index in [1.807, 2.05) is 6.92 Å². The molecular formula is C13H18O.